The van der Waals surface area contributed by atoms with Crippen molar-refractivity contribution in [1.82, 2.24) is 0 Å². The van der Waals surface area contributed by atoms with Gasteiger partial charge in [0.2, 0.25) is 0 Å². The Balaban J connectivity index is 1.86. The molecule has 2 heteroatoms. The number of fused-ring (bicyclic) bond motifs is 2. The Morgan fingerprint density at radius 1 is 0.467 bits per heavy atom. The van der Waals surface area contributed by atoms with Crippen LogP contribution in [0.2, 0.25) is 0 Å². The van der Waals surface area contributed by atoms with Gasteiger partial charge in [0, 0.05) is 22.3 Å². The zero-order chi connectivity index (χ0) is 20.5. The molecule has 0 saturated carbocycles. The van der Waals surface area contributed by atoms with Crippen molar-refractivity contribution in [3.05, 3.63) is 141 Å². The largest absolute Gasteiger partial charge is 0.289 e. The maximum absolute atomic E-state index is 13.5. The molecule has 4 aromatic rings. The van der Waals surface area contributed by atoms with Gasteiger partial charge in [-0.15, -0.1) is 0 Å². The van der Waals surface area contributed by atoms with Gasteiger partial charge < -0.3 is 0 Å². The molecule has 0 fully saturated rings. The molecule has 0 atom stereocenters. The zero-order valence-corrected chi connectivity index (χ0v) is 16.2. The molecular weight excluding hydrogens is 368 g/mol. The van der Waals surface area contributed by atoms with E-state index >= 15 is 0 Å². The summed E-state index contributed by atoms with van der Waals surface area (Å²) in [7, 11) is 0. The Bertz CT molecular complexity index is 1400. The van der Waals surface area contributed by atoms with E-state index < -0.39 is 0 Å². The minimum Gasteiger partial charge on any atom is -0.289 e. The van der Waals surface area contributed by atoms with Gasteiger partial charge in [-0.1, -0.05) is 91.0 Å². The summed E-state index contributed by atoms with van der Waals surface area (Å²) >= 11 is 0. The molecule has 1 aliphatic carbocycles. The molecule has 0 N–H and O–H groups in total. The van der Waals surface area contributed by atoms with Gasteiger partial charge in [-0.3, -0.25) is 9.59 Å². The van der Waals surface area contributed by atoms with E-state index in [0.29, 0.717) is 22.3 Å². The van der Waals surface area contributed by atoms with Crippen molar-refractivity contribution in [3.8, 4) is 0 Å². The first-order valence-corrected chi connectivity index (χ1v) is 9.87. The minimum atomic E-state index is -0.106. The summed E-state index contributed by atoms with van der Waals surface area (Å²) in [6, 6.07) is 30.6. The van der Waals surface area contributed by atoms with Crippen molar-refractivity contribution < 1.29 is 9.59 Å². The van der Waals surface area contributed by atoms with Crippen LogP contribution in [0.15, 0.2) is 97.1 Å². The van der Waals surface area contributed by atoms with Gasteiger partial charge in [-0.2, -0.15) is 0 Å². The fraction of sp³-hybridized carbons (Fsp3) is 0. The first-order chi connectivity index (χ1) is 14.7. The third-order valence-corrected chi connectivity index (χ3v) is 5.40. The van der Waals surface area contributed by atoms with Gasteiger partial charge in [0.15, 0.2) is 11.6 Å². The molecule has 0 spiro atoms. The van der Waals surface area contributed by atoms with Crippen LogP contribution in [-0.2, 0) is 0 Å². The van der Waals surface area contributed by atoms with Crippen molar-refractivity contribution in [3.63, 3.8) is 0 Å². The molecule has 0 radical (unpaired) electrons. The van der Waals surface area contributed by atoms with E-state index in [1.54, 1.807) is 30.3 Å². The highest BCUT2D eigenvalue weighted by atomic mass is 16.1. The smallest absolute Gasteiger partial charge is 0.195 e. The van der Waals surface area contributed by atoms with Gasteiger partial charge in [0.25, 0.3) is 0 Å². The summed E-state index contributed by atoms with van der Waals surface area (Å²) in [4.78, 5) is 26.6. The van der Waals surface area contributed by atoms with Gasteiger partial charge in [-0.25, -0.2) is 0 Å². The predicted molar refractivity (Wildman–Crippen MR) is 119 cm³/mol. The Kier molecular flexibility index (Phi) is 4.45. The molecule has 0 amide bonds. The number of ketones is 2. The van der Waals surface area contributed by atoms with Gasteiger partial charge in [0.05, 0.1) is 0 Å². The zero-order valence-electron chi connectivity index (χ0n) is 16.2. The lowest BCUT2D eigenvalue weighted by Crippen LogP contribution is -2.36. The van der Waals surface area contributed by atoms with Gasteiger partial charge in [-0.05, 0) is 39.8 Å². The molecule has 0 unspecified atom stereocenters. The topological polar surface area (TPSA) is 34.1 Å². The van der Waals surface area contributed by atoms with Gasteiger partial charge in [0.1, 0.15) is 0 Å². The SMILES string of the molecule is O=C1c2ccccc2C(=O)c2c1ccc(=Cc1ccccc1)c2=Cc1ccccc1. The lowest BCUT2D eigenvalue weighted by molar-refractivity contribution is 0.0978. The Labute approximate surface area is 174 Å². The van der Waals surface area contributed by atoms with Crippen molar-refractivity contribution in [2.45, 2.75) is 0 Å². The second-order valence-corrected chi connectivity index (χ2v) is 7.30. The lowest BCUT2D eigenvalue weighted by atomic mass is 9.82. The van der Waals surface area contributed by atoms with Crippen LogP contribution in [0.1, 0.15) is 43.0 Å². The molecular formula is C28H18O2. The molecule has 0 aliphatic heterocycles. The highest BCUT2D eigenvalue weighted by molar-refractivity contribution is 6.28. The number of carbonyl (C=O) groups excluding carboxylic acids is 2. The second-order valence-electron chi connectivity index (χ2n) is 7.30. The average molecular weight is 386 g/mol. The number of rotatable bonds is 2. The second kappa shape index (κ2) is 7.41. The first kappa shape index (κ1) is 18.0. The van der Waals surface area contributed by atoms with E-state index in [9.17, 15) is 9.59 Å². The Morgan fingerprint density at radius 3 is 1.63 bits per heavy atom. The summed E-state index contributed by atoms with van der Waals surface area (Å²) in [5, 5.41) is 1.68. The summed E-state index contributed by atoms with van der Waals surface area (Å²) < 4.78 is 0. The number of carbonyl (C=O) groups is 2. The molecule has 30 heavy (non-hydrogen) atoms. The standard InChI is InChI=1S/C28H18O2/c29-27-22-13-7-8-14-23(22)28(30)26-24(27)16-15-21(17-19-9-3-1-4-10-19)25(26)18-20-11-5-2-6-12-20/h1-18H. The number of hydrogen-bond donors (Lipinski definition) is 0. The molecule has 5 rings (SSSR count). The molecule has 142 valence electrons. The highest BCUT2D eigenvalue weighted by Crippen LogP contribution is 2.24. The molecule has 2 nitrogen and oxygen atoms in total. The van der Waals surface area contributed by atoms with Crippen LogP contribution in [0.5, 0.6) is 0 Å². The summed E-state index contributed by atoms with van der Waals surface area (Å²) in [5.74, 6) is -0.208. The maximum Gasteiger partial charge on any atom is 0.195 e. The summed E-state index contributed by atoms with van der Waals surface area (Å²) in [6.07, 6.45) is 4.04. The molecule has 4 aromatic carbocycles. The Morgan fingerprint density at radius 2 is 1.00 bits per heavy atom. The van der Waals surface area contributed by atoms with Crippen LogP contribution in [-0.4, -0.2) is 11.6 Å². The maximum atomic E-state index is 13.5. The lowest BCUT2D eigenvalue weighted by Gasteiger charge is -2.18. The fourth-order valence-electron chi connectivity index (χ4n) is 3.95. The van der Waals surface area contributed by atoms with Crippen molar-refractivity contribution in [2.75, 3.05) is 0 Å². The molecule has 0 saturated heterocycles. The van der Waals surface area contributed by atoms with Crippen LogP contribution >= 0.6 is 0 Å². The predicted octanol–water partition coefficient (Wildman–Crippen LogP) is 4.12. The summed E-state index contributed by atoms with van der Waals surface area (Å²) in [5.41, 5.74) is 3.90. The van der Waals surface area contributed by atoms with E-state index in [1.165, 1.54) is 0 Å². The van der Waals surface area contributed by atoms with Crippen LogP contribution in [0.25, 0.3) is 12.2 Å². The van der Waals surface area contributed by atoms with Crippen molar-refractivity contribution in [2.24, 2.45) is 0 Å². The van der Waals surface area contributed by atoms with Crippen LogP contribution in [0, 0.1) is 0 Å². The van der Waals surface area contributed by atoms with E-state index in [-0.39, 0.29) is 11.6 Å². The van der Waals surface area contributed by atoms with Crippen LogP contribution in [0.4, 0.5) is 0 Å². The average Bonchev–Trinajstić information content (AvgIpc) is 2.80. The van der Waals surface area contributed by atoms with E-state index in [1.807, 2.05) is 78.9 Å². The third kappa shape index (κ3) is 3.09. The fourth-order valence-corrected chi connectivity index (χ4v) is 3.95. The third-order valence-electron chi connectivity index (χ3n) is 5.40. The van der Waals surface area contributed by atoms with E-state index in [4.69, 9.17) is 0 Å². The highest BCUT2D eigenvalue weighted by Gasteiger charge is 2.30. The van der Waals surface area contributed by atoms with Crippen LogP contribution in [0.3, 0.4) is 0 Å². The van der Waals surface area contributed by atoms with E-state index in [0.717, 1.165) is 21.6 Å². The molecule has 1 aliphatic rings. The first-order valence-electron chi connectivity index (χ1n) is 9.87. The minimum absolute atomic E-state index is 0.103. The van der Waals surface area contributed by atoms with Gasteiger partial charge >= 0.3 is 0 Å². The normalized spacial score (nSPS) is 13.9. The monoisotopic (exact) mass is 386 g/mol. The molecule has 0 bridgehead atoms. The van der Waals surface area contributed by atoms with E-state index in [2.05, 4.69) is 0 Å². The quantitative estimate of drug-likeness (QED) is 0.457. The Hall–Kier alpha value is -4.04. The molecule has 0 aromatic heterocycles. The van der Waals surface area contributed by atoms with Crippen LogP contribution < -0.4 is 10.4 Å². The molecule has 0 heterocycles. The number of hydrogen-bond acceptors (Lipinski definition) is 2. The number of benzene rings is 4. The van der Waals surface area contributed by atoms with Crippen molar-refractivity contribution in [1.29, 1.82) is 0 Å². The van der Waals surface area contributed by atoms with Crippen molar-refractivity contribution >= 4 is 23.7 Å². The summed E-state index contributed by atoms with van der Waals surface area (Å²) in [6.45, 7) is 0.